The Balaban J connectivity index is 1.59. The predicted molar refractivity (Wildman–Crippen MR) is 104 cm³/mol. The Labute approximate surface area is 151 Å². The molecule has 1 aliphatic heterocycles. The second-order valence-corrected chi connectivity index (χ2v) is 6.38. The van der Waals surface area contributed by atoms with Crippen LogP contribution in [0.1, 0.15) is 32.1 Å². The summed E-state index contributed by atoms with van der Waals surface area (Å²) >= 11 is 0. The van der Waals surface area contributed by atoms with Crippen molar-refractivity contribution in [3.63, 3.8) is 0 Å². The molecule has 0 saturated carbocycles. The molecule has 6 heteroatoms. The molecule has 2 rings (SSSR count). The number of carbonyl (C=O) groups is 1. The quantitative estimate of drug-likeness (QED) is 0.402. The van der Waals surface area contributed by atoms with Crippen molar-refractivity contribution in [3.8, 4) is 0 Å². The average Bonchev–Trinajstić information content (AvgIpc) is 2.91. The van der Waals surface area contributed by atoms with Crippen LogP contribution in [0.4, 0.5) is 5.69 Å². The van der Waals surface area contributed by atoms with E-state index < -0.39 is 0 Å². The molecule has 0 aromatic heterocycles. The number of likely N-dealkylation sites (tertiary alicyclic amines) is 1. The van der Waals surface area contributed by atoms with Gasteiger partial charge in [-0.05, 0) is 51.0 Å². The summed E-state index contributed by atoms with van der Waals surface area (Å²) in [5.41, 5.74) is 0.801. The summed E-state index contributed by atoms with van der Waals surface area (Å²) in [7, 11) is 1.72. The minimum absolute atomic E-state index is 0.0845. The summed E-state index contributed by atoms with van der Waals surface area (Å²) < 4.78 is 0. The highest BCUT2D eigenvalue weighted by Gasteiger charge is 2.08. The number of rotatable bonds is 7. The molecule has 0 unspecified atom stereocenters. The lowest BCUT2D eigenvalue weighted by Gasteiger charge is -2.20. The van der Waals surface area contributed by atoms with Gasteiger partial charge in [0.2, 0.25) is 5.91 Å². The van der Waals surface area contributed by atoms with Crippen LogP contribution in [0.2, 0.25) is 0 Å². The SMILES string of the molecule is CN=C(NCCCN1CCCCCC1)NCC(=O)Nc1ccccc1. The van der Waals surface area contributed by atoms with Gasteiger partial charge in [-0.3, -0.25) is 9.79 Å². The van der Waals surface area contributed by atoms with Crippen LogP contribution in [-0.2, 0) is 4.79 Å². The van der Waals surface area contributed by atoms with E-state index >= 15 is 0 Å². The predicted octanol–water partition coefficient (Wildman–Crippen LogP) is 2.06. The number of amides is 1. The van der Waals surface area contributed by atoms with Crippen molar-refractivity contribution in [2.75, 3.05) is 45.1 Å². The van der Waals surface area contributed by atoms with Crippen LogP contribution in [0.25, 0.3) is 0 Å². The normalized spacial score (nSPS) is 16.1. The molecule has 1 aromatic rings. The van der Waals surface area contributed by atoms with Gasteiger partial charge in [-0.1, -0.05) is 31.0 Å². The standard InChI is InChI=1S/C19H31N5O/c1-20-19(21-12-9-15-24-13-7-2-3-8-14-24)22-16-18(25)23-17-10-5-4-6-11-17/h4-6,10-11H,2-3,7-9,12-16H2,1H3,(H,23,25)(H2,20,21,22). The fourth-order valence-corrected chi connectivity index (χ4v) is 2.98. The Morgan fingerprint density at radius 2 is 1.80 bits per heavy atom. The molecule has 0 atom stereocenters. The Kier molecular flexibility index (Phi) is 8.83. The zero-order valence-corrected chi connectivity index (χ0v) is 15.3. The Morgan fingerprint density at radius 1 is 1.08 bits per heavy atom. The Bertz CT molecular complexity index is 524. The van der Waals surface area contributed by atoms with Crippen molar-refractivity contribution in [3.05, 3.63) is 30.3 Å². The van der Waals surface area contributed by atoms with Crippen molar-refractivity contribution in [1.82, 2.24) is 15.5 Å². The van der Waals surface area contributed by atoms with E-state index in [-0.39, 0.29) is 12.5 Å². The van der Waals surface area contributed by atoms with Crippen molar-refractivity contribution in [2.24, 2.45) is 4.99 Å². The lowest BCUT2D eigenvalue weighted by molar-refractivity contribution is -0.115. The van der Waals surface area contributed by atoms with Crippen LogP contribution in [-0.4, -0.2) is 56.5 Å². The van der Waals surface area contributed by atoms with Crippen LogP contribution in [0.5, 0.6) is 0 Å². The Morgan fingerprint density at radius 3 is 2.48 bits per heavy atom. The van der Waals surface area contributed by atoms with E-state index in [0.29, 0.717) is 5.96 Å². The van der Waals surface area contributed by atoms with E-state index in [9.17, 15) is 4.79 Å². The minimum atomic E-state index is -0.0845. The number of para-hydroxylation sites is 1. The lowest BCUT2D eigenvalue weighted by Crippen LogP contribution is -2.42. The van der Waals surface area contributed by atoms with Crippen molar-refractivity contribution in [2.45, 2.75) is 32.1 Å². The maximum Gasteiger partial charge on any atom is 0.243 e. The molecule has 1 aliphatic rings. The highest BCUT2D eigenvalue weighted by molar-refractivity contribution is 5.94. The number of hydrogen-bond acceptors (Lipinski definition) is 3. The topological polar surface area (TPSA) is 68.8 Å². The van der Waals surface area contributed by atoms with Crippen molar-refractivity contribution < 1.29 is 4.79 Å². The molecule has 25 heavy (non-hydrogen) atoms. The van der Waals surface area contributed by atoms with Crippen LogP contribution in [0.15, 0.2) is 35.3 Å². The van der Waals surface area contributed by atoms with Gasteiger partial charge >= 0.3 is 0 Å². The summed E-state index contributed by atoms with van der Waals surface area (Å²) in [5, 5.41) is 9.17. The van der Waals surface area contributed by atoms with Gasteiger partial charge in [0, 0.05) is 19.3 Å². The number of aliphatic imine (C=N–C) groups is 1. The van der Waals surface area contributed by atoms with Crippen LogP contribution in [0.3, 0.4) is 0 Å². The van der Waals surface area contributed by atoms with Crippen LogP contribution in [0, 0.1) is 0 Å². The fraction of sp³-hybridized carbons (Fsp3) is 0.579. The summed E-state index contributed by atoms with van der Waals surface area (Å²) in [4.78, 5) is 18.7. The zero-order valence-electron chi connectivity index (χ0n) is 15.3. The average molecular weight is 345 g/mol. The first kappa shape index (κ1) is 19.2. The first-order valence-corrected chi connectivity index (χ1v) is 9.29. The number of nitrogens with zero attached hydrogens (tertiary/aromatic N) is 2. The van der Waals surface area contributed by atoms with E-state index in [1.54, 1.807) is 7.05 Å². The lowest BCUT2D eigenvalue weighted by atomic mass is 10.2. The van der Waals surface area contributed by atoms with Crippen LogP contribution < -0.4 is 16.0 Å². The van der Waals surface area contributed by atoms with E-state index in [0.717, 1.165) is 25.2 Å². The maximum absolute atomic E-state index is 11.9. The molecule has 3 N–H and O–H groups in total. The fourth-order valence-electron chi connectivity index (χ4n) is 2.98. The molecule has 0 bridgehead atoms. The summed E-state index contributed by atoms with van der Waals surface area (Å²) in [6, 6.07) is 9.45. The van der Waals surface area contributed by atoms with Crippen molar-refractivity contribution >= 4 is 17.6 Å². The number of nitrogens with one attached hydrogen (secondary N) is 3. The van der Waals surface area contributed by atoms with Crippen LogP contribution >= 0.6 is 0 Å². The van der Waals surface area contributed by atoms with Gasteiger partial charge in [-0.2, -0.15) is 0 Å². The second kappa shape index (κ2) is 11.5. The number of carbonyl (C=O) groups excluding carboxylic acids is 1. The first-order chi connectivity index (χ1) is 12.3. The molecule has 1 heterocycles. The maximum atomic E-state index is 11.9. The van der Waals surface area contributed by atoms with E-state index in [2.05, 4.69) is 25.8 Å². The van der Waals surface area contributed by atoms with Gasteiger partial charge in [0.1, 0.15) is 0 Å². The summed E-state index contributed by atoms with van der Waals surface area (Å²) in [5.74, 6) is 0.581. The third-order valence-electron chi connectivity index (χ3n) is 4.34. The monoisotopic (exact) mass is 345 g/mol. The smallest absolute Gasteiger partial charge is 0.243 e. The second-order valence-electron chi connectivity index (χ2n) is 6.38. The highest BCUT2D eigenvalue weighted by Crippen LogP contribution is 2.09. The molecule has 0 spiro atoms. The van der Waals surface area contributed by atoms with Crippen molar-refractivity contribution in [1.29, 1.82) is 0 Å². The van der Waals surface area contributed by atoms with Gasteiger partial charge in [0.25, 0.3) is 0 Å². The number of guanidine groups is 1. The summed E-state index contributed by atoms with van der Waals surface area (Å²) in [6.07, 6.45) is 6.48. The van der Waals surface area contributed by atoms with Gasteiger partial charge in [-0.25, -0.2) is 0 Å². The van der Waals surface area contributed by atoms with E-state index in [1.807, 2.05) is 30.3 Å². The third-order valence-corrected chi connectivity index (χ3v) is 4.34. The van der Waals surface area contributed by atoms with Gasteiger partial charge < -0.3 is 20.9 Å². The largest absolute Gasteiger partial charge is 0.356 e. The number of hydrogen-bond donors (Lipinski definition) is 3. The molecule has 1 aromatic carbocycles. The molecular formula is C19H31N5O. The van der Waals surface area contributed by atoms with E-state index in [1.165, 1.54) is 38.8 Å². The molecule has 1 amide bonds. The number of anilines is 1. The molecular weight excluding hydrogens is 314 g/mol. The molecule has 0 aliphatic carbocycles. The molecule has 138 valence electrons. The molecule has 1 saturated heterocycles. The zero-order chi connectivity index (χ0) is 17.7. The molecule has 0 radical (unpaired) electrons. The van der Waals surface area contributed by atoms with E-state index in [4.69, 9.17) is 0 Å². The number of benzene rings is 1. The first-order valence-electron chi connectivity index (χ1n) is 9.29. The van der Waals surface area contributed by atoms with Gasteiger partial charge in [0.05, 0.1) is 6.54 Å². The minimum Gasteiger partial charge on any atom is -0.356 e. The molecule has 6 nitrogen and oxygen atoms in total. The van der Waals surface area contributed by atoms with Gasteiger partial charge in [-0.15, -0.1) is 0 Å². The Hall–Kier alpha value is -2.08. The third kappa shape index (κ3) is 8.03. The summed E-state index contributed by atoms with van der Waals surface area (Å²) in [6.45, 7) is 4.63. The van der Waals surface area contributed by atoms with Gasteiger partial charge in [0.15, 0.2) is 5.96 Å². The molecule has 1 fully saturated rings. The highest BCUT2D eigenvalue weighted by atomic mass is 16.1.